The summed E-state index contributed by atoms with van der Waals surface area (Å²) in [6.45, 7) is 8.09. The molecule has 1 saturated heterocycles. The number of morpholine rings is 1. The maximum absolute atomic E-state index is 10.6. The Morgan fingerprint density at radius 3 is 2.48 bits per heavy atom. The second-order valence-electron chi connectivity index (χ2n) is 5.60. The monoisotopic (exact) mass is 293 g/mol. The summed E-state index contributed by atoms with van der Waals surface area (Å²) in [6, 6.07) is 6.54. The average Bonchev–Trinajstić information content (AvgIpc) is 2.43. The van der Waals surface area contributed by atoms with E-state index >= 15 is 0 Å². The van der Waals surface area contributed by atoms with Crippen molar-refractivity contribution in [1.29, 1.82) is 0 Å². The molecule has 2 rings (SSSR count). The number of benzene rings is 1. The lowest BCUT2D eigenvalue weighted by Crippen LogP contribution is -2.45. The summed E-state index contributed by atoms with van der Waals surface area (Å²) in [6.07, 6.45) is 1.64. The highest BCUT2D eigenvalue weighted by atomic mass is 16.6. The van der Waals surface area contributed by atoms with Gasteiger partial charge in [-0.05, 0) is 32.4 Å². The van der Waals surface area contributed by atoms with Crippen molar-refractivity contribution >= 4 is 11.4 Å². The van der Waals surface area contributed by atoms with Crippen LogP contribution in [0.3, 0.4) is 0 Å². The Labute approximate surface area is 125 Å². The maximum atomic E-state index is 10.6. The zero-order valence-electron chi connectivity index (χ0n) is 12.6. The highest BCUT2D eigenvalue weighted by Gasteiger charge is 2.21. The molecule has 1 N–H and O–H groups in total. The van der Waals surface area contributed by atoms with Gasteiger partial charge in [0.05, 0.1) is 17.1 Å². The van der Waals surface area contributed by atoms with Crippen molar-refractivity contribution < 1.29 is 9.66 Å². The van der Waals surface area contributed by atoms with Crippen LogP contribution in [0, 0.1) is 10.1 Å². The SMILES string of the molecule is CC1CN(CCCNc2ccc([N+](=O)[O-])cc2)CC(C)O1. The quantitative estimate of drug-likeness (QED) is 0.496. The van der Waals surface area contributed by atoms with Crippen LogP contribution in [0.5, 0.6) is 0 Å². The minimum Gasteiger partial charge on any atom is -0.385 e. The lowest BCUT2D eigenvalue weighted by molar-refractivity contribution is -0.384. The van der Waals surface area contributed by atoms with Gasteiger partial charge in [0, 0.05) is 44.0 Å². The second kappa shape index (κ2) is 7.38. The molecule has 116 valence electrons. The molecule has 2 atom stereocenters. The van der Waals surface area contributed by atoms with Crippen molar-refractivity contribution in [2.75, 3.05) is 31.5 Å². The summed E-state index contributed by atoms with van der Waals surface area (Å²) < 4.78 is 5.71. The van der Waals surface area contributed by atoms with E-state index in [0.717, 1.165) is 38.3 Å². The highest BCUT2D eigenvalue weighted by Crippen LogP contribution is 2.15. The third kappa shape index (κ3) is 4.99. The average molecular weight is 293 g/mol. The van der Waals surface area contributed by atoms with Crippen LogP contribution >= 0.6 is 0 Å². The van der Waals surface area contributed by atoms with Crippen molar-refractivity contribution in [3.05, 3.63) is 34.4 Å². The number of non-ortho nitro benzene ring substituents is 1. The predicted molar refractivity (Wildman–Crippen MR) is 82.7 cm³/mol. The largest absolute Gasteiger partial charge is 0.385 e. The summed E-state index contributed by atoms with van der Waals surface area (Å²) in [5, 5.41) is 13.9. The fourth-order valence-corrected chi connectivity index (χ4v) is 2.70. The first-order valence-electron chi connectivity index (χ1n) is 7.40. The Morgan fingerprint density at radius 1 is 1.29 bits per heavy atom. The molecule has 1 aliphatic rings. The number of nitro groups is 1. The lowest BCUT2D eigenvalue weighted by Gasteiger charge is -2.35. The van der Waals surface area contributed by atoms with Gasteiger partial charge in [-0.1, -0.05) is 0 Å². The number of nitro benzene ring substituents is 1. The molecule has 1 fully saturated rings. The number of nitrogens with zero attached hydrogens (tertiary/aromatic N) is 2. The van der Waals surface area contributed by atoms with Gasteiger partial charge in [0.1, 0.15) is 0 Å². The summed E-state index contributed by atoms with van der Waals surface area (Å²) in [5.41, 5.74) is 1.04. The lowest BCUT2D eigenvalue weighted by atomic mass is 10.2. The van der Waals surface area contributed by atoms with E-state index in [4.69, 9.17) is 4.74 Å². The first-order valence-corrected chi connectivity index (χ1v) is 7.40. The van der Waals surface area contributed by atoms with E-state index in [2.05, 4.69) is 24.1 Å². The zero-order chi connectivity index (χ0) is 15.2. The van der Waals surface area contributed by atoms with Gasteiger partial charge in [-0.2, -0.15) is 0 Å². The topological polar surface area (TPSA) is 67.6 Å². The van der Waals surface area contributed by atoms with Crippen molar-refractivity contribution in [3.63, 3.8) is 0 Å². The van der Waals surface area contributed by atoms with Gasteiger partial charge < -0.3 is 10.1 Å². The molecule has 1 aliphatic heterocycles. The van der Waals surface area contributed by atoms with Gasteiger partial charge >= 0.3 is 0 Å². The Kier molecular flexibility index (Phi) is 5.52. The van der Waals surface area contributed by atoms with Gasteiger partial charge in [-0.25, -0.2) is 0 Å². The van der Waals surface area contributed by atoms with Crippen LogP contribution in [0.2, 0.25) is 0 Å². The van der Waals surface area contributed by atoms with Crippen LogP contribution < -0.4 is 5.32 Å². The molecule has 6 heteroatoms. The molecule has 2 unspecified atom stereocenters. The van der Waals surface area contributed by atoms with E-state index in [9.17, 15) is 10.1 Å². The van der Waals surface area contributed by atoms with Crippen LogP contribution in [-0.4, -0.2) is 48.2 Å². The number of hydrogen-bond acceptors (Lipinski definition) is 5. The van der Waals surface area contributed by atoms with Crippen molar-refractivity contribution in [1.82, 2.24) is 4.90 Å². The number of ether oxygens (including phenoxy) is 1. The molecular formula is C15H23N3O3. The van der Waals surface area contributed by atoms with Crippen molar-refractivity contribution in [2.45, 2.75) is 32.5 Å². The first-order chi connectivity index (χ1) is 10.0. The molecule has 21 heavy (non-hydrogen) atoms. The fraction of sp³-hybridized carbons (Fsp3) is 0.600. The third-order valence-electron chi connectivity index (χ3n) is 3.55. The Balaban J connectivity index is 1.68. The molecule has 1 aromatic carbocycles. The minimum atomic E-state index is -0.384. The predicted octanol–water partition coefficient (Wildman–Crippen LogP) is 2.51. The van der Waals surface area contributed by atoms with Crippen LogP contribution in [0.15, 0.2) is 24.3 Å². The van der Waals surface area contributed by atoms with Crippen LogP contribution in [0.1, 0.15) is 20.3 Å². The van der Waals surface area contributed by atoms with E-state index in [1.165, 1.54) is 12.1 Å². The number of rotatable bonds is 6. The van der Waals surface area contributed by atoms with Crippen LogP contribution in [0.4, 0.5) is 11.4 Å². The van der Waals surface area contributed by atoms with Gasteiger partial charge in [0.25, 0.3) is 5.69 Å². The maximum Gasteiger partial charge on any atom is 0.269 e. The molecule has 0 aliphatic carbocycles. The molecule has 0 amide bonds. The molecule has 1 aromatic rings. The van der Waals surface area contributed by atoms with Crippen LogP contribution in [-0.2, 0) is 4.74 Å². The van der Waals surface area contributed by atoms with Gasteiger partial charge in [-0.3, -0.25) is 15.0 Å². The smallest absolute Gasteiger partial charge is 0.269 e. The molecule has 0 aromatic heterocycles. The molecule has 0 bridgehead atoms. The number of anilines is 1. The summed E-state index contributed by atoms with van der Waals surface area (Å²) in [4.78, 5) is 12.6. The van der Waals surface area contributed by atoms with Gasteiger partial charge in [0.2, 0.25) is 0 Å². The van der Waals surface area contributed by atoms with Gasteiger partial charge in [0.15, 0.2) is 0 Å². The Morgan fingerprint density at radius 2 is 1.90 bits per heavy atom. The molecular weight excluding hydrogens is 270 g/mol. The molecule has 0 spiro atoms. The van der Waals surface area contributed by atoms with Crippen molar-refractivity contribution in [3.8, 4) is 0 Å². The van der Waals surface area contributed by atoms with E-state index in [0.29, 0.717) is 12.2 Å². The first kappa shape index (κ1) is 15.7. The van der Waals surface area contributed by atoms with E-state index in [1.54, 1.807) is 12.1 Å². The molecule has 0 saturated carbocycles. The summed E-state index contributed by atoms with van der Waals surface area (Å²) in [5.74, 6) is 0. The molecule has 1 heterocycles. The third-order valence-corrected chi connectivity index (χ3v) is 3.55. The molecule has 0 radical (unpaired) electrons. The van der Waals surface area contributed by atoms with Crippen molar-refractivity contribution in [2.24, 2.45) is 0 Å². The van der Waals surface area contributed by atoms with Gasteiger partial charge in [-0.15, -0.1) is 0 Å². The highest BCUT2D eigenvalue weighted by molar-refractivity contribution is 5.48. The van der Waals surface area contributed by atoms with Crippen LogP contribution in [0.25, 0.3) is 0 Å². The van der Waals surface area contributed by atoms with E-state index in [1.807, 2.05) is 0 Å². The van der Waals surface area contributed by atoms with E-state index < -0.39 is 0 Å². The summed E-state index contributed by atoms with van der Waals surface area (Å²) in [7, 11) is 0. The Bertz CT molecular complexity index is 454. The normalized spacial score (nSPS) is 23.0. The number of nitrogens with one attached hydrogen (secondary N) is 1. The summed E-state index contributed by atoms with van der Waals surface area (Å²) >= 11 is 0. The fourth-order valence-electron chi connectivity index (χ4n) is 2.70. The standard InChI is InChI=1S/C15H23N3O3/c1-12-10-17(11-13(2)21-12)9-3-8-16-14-4-6-15(7-5-14)18(19)20/h4-7,12-13,16H,3,8-11H2,1-2H3. The van der Waals surface area contributed by atoms with E-state index in [-0.39, 0.29) is 10.6 Å². The minimum absolute atomic E-state index is 0.122. The zero-order valence-corrected chi connectivity index (χ0v) is 12.6. The second-order valence-corrected chi connectivity index (χ2v) is 5.60. The number of hydrogen-bond donors (Lipinski definition) is 1. The Hall–Kier alpha value is -1.66. The molecule has 6 nitrogen and oxygen atoms in total.